The molecule has 0 unspecified atom stereocenters. The van der Waals surface area contributed by atoms with E-state index < -0.39 is 0 Å². The SMILES string of the molecule is CC1CCN(Cc2ccc(C(=O)N[C@@H](C)c3ccc(C(C)(C)C)cc3)cc2)CC1. The Bertz CT molecular complexity index is 794. The third kappa shape index (κ3) is 5.93. The Morgan fingerprint density at radius 1 is 1.03 bits per heavy atom. The van der Waals surface area contributed by atoms with Gasteiger partial charge in [-0.05, 0) is 73.0 Å². The molecule has 1 heterocycles. The summed E-state index contributed by atoms with van der Waals surface area (Å²) in [7, 11) is 0. The van der Waals surface area contributed by atoms with Gasteiger partial charge in [-0.2, -0.15) is 0 Å². The lowest BCUT2D eigenvalue weighted by Gasteiger charge is -2.30. The number of hydrogen-bond acceptors (Lipinski definition) is 2. The van der Waals surface area contributed by atoms with Gasteiger partial charge in [0, 0.05) is 12.1 Å². The predicted molar refractivity (Wildman–Crippen MR) is 121 cm³/mol. The van der Waals surface area contributed by atoms with E-state index in [1.54, 1.807) is 0 Å². The standard InChI is InChI=1S/C26H36N2O/c1-19-14-16-28(17-15-19)18-21-6-8-23(9-7-21)25(29)27-20(2)22-10-12-24(13-11-22)26(3,4)5/h6-13,19-20H,14-18H2,1-5H3,(H,27,29)/t20-/m0/s1. The van der Waals surface area contributed by atoms with Crippen molar-refractivity contribution >= 4 is 5.91 Å². The number of nitrogens with zero attached hydrogens (tertiary/aromatic N) is 1. The summed E-state index contributed by atoms with van der Waals surface area (Å²) in [5.41, 5.74) is 4.57. The van der Waals surface area contributed by atoms with Crippen LogP contribution in [-0.2, 0) is 12.0 Å². The van der Waals surface area contributed by atoms with Gasteiger partial charge in [-0.1, -0.05) is 64.1 Å². The molecule has 3 heteroatoms. The Labute approximate surface area is 176 Å². The van der Waals surface area contributed by atoms with Gasteiger partial charge < -0.3 is 5.32 Å². The molecule has 3 rings (SSSR count). The van der Waals surface area contributed by atoms with E-state index in [1.165, 1.54) is 37.1 Å². The first-order valence-corrected chi connectivity index (χ1v) is 10.9. The van der Waals surface area contributed by atoms with Crippen LogP contribution in [0.5, 0.6) is 0 Å². The van der Waals surface area contributed by atoms with Crippen LogP contribution in [0.1, 0.15) is 80.6 Å². The van der Waals surface area contributed by atoms with E-state index in [4.69, 9.17) is 0 Å². The zero-order valence-corrected chi connectivity index (χ0v) is 18.7. The molecule has 0 aliphatic carbocycles. The normalized spacial score (nSPS) is 17.1. The fourth-order valence-electron chi connectivity index (χ4n) is 3.88. The molecule has 1 fully saturated rings. The summed E-state index contributed by atoms with van der Waals surface area (Å²) in [4.78, 5) is 15.2. The highest BCUT2D eigenvalue weighted by atomic mass is 16.1. The topological polar surface area (TPSA) is 32.3 Å². The molecule has 3 nitrogen and oxygen atoms in total. The minimum atomic E-state index is -0.0217. The minimum Gasteiger partial charge on any atom is -0.346 e. The molecule has 0 spiro atoms. The maximum Gasteiger partial charge on any atom is 0.251 e. The Balaban J connectivity index is 1.56. The molecule has 2 aromatic rings. The van der Waals surface area contributed by atoms with Crippen molar-refractivity contribution in [2.45, 2.75) is 65.5 Å². The van der Waals surface area contributed by atoms with Crippen LogP contribution in [0.3, 0.4) is 0 Å². The minimum absolute atomic E-state index is 0.0178. The fourth-order valence-corrected chi connectivity index (χ4v) is 3.88. The third-order valence-corrected chi connectivity index (χ3v) is 6.12. The van der Waals surface area contributed by atoms with E-state index in [9.17, 15) is 4.79 Å². The van der Waals surface area contributed by atoms with Crippen molar-refractivity contribution in [3.8, 4) is 0 Å². The predicted octanol–water partition coefficient (Wildman–Crippen LogP) is 5.71. The van der Waals surface area contributed by atoms with E-state index >= 15 is 0 Å². The molecular weight excluding hydrogens is 356 g/mol. The van der Waals surface area contributed by atoms with Crippen LogP contribution < -0.4 is 5.32 Å². The number of likely N-dealkylation sites (tertiary alicyclic amines) is 1. The molecule has 0 bridgehead atoms. The van der Waals surface area contributed by atoms with Gasteiger partial charge in [-0.3, -0.25) is 9.69 Å². The van der Waals surface area contributed by atoms with E-state index in [-0.39, 0.29) is 17.4 Å². The van der Waals surface area contributed by atoms with Gasteiger partial charge in [-0.15, -0.1) is 0 Å². The summed E-state index contributed by atoms with van der Waals surface area (Å²) in [6, 6.07) is 16.6. The number of nitrogens with one attached hydrogen (secondary N) is 1. The quantitative estimate of drug-likeness (QED) is 0.707. The number of piperidine rings is 1. The Morgan fingerprint density at radius 3 is 2.17 bits per heavy atom. The molecule has 1 N–H and O–H groups in total. The monoisotopic (exact) mass is 392 g/mol. The van der Waals surface area contributed by atoms with Crippen molar-refractivity contribution in [3.63, 3.8) is 0 Å². The molecule has 0 aromatic heterocycles. The first-order valence-electron chi connectivity index (χ1n) is 10.9. The van der Waals surface area contributed by atoms with Crippen molar-refractivity contribution in [2.24, 2.45) is 5.92 Å². The second kappa shape index (κ2) is 9.13. The highest BCUT2D eigenvalue weighted by molar-refractivity contribution is 5.94. The molecule has 156 valence electrons. The summed E-state index contributed by atoms with van der Waals surface area (Å²) in [5, 5.41) is 3.13. The second-order valence-electron chi connectivity index (χ2n) is 9.72. The molecule has 0 radical (unpaired) electrons. The molecule has 1 aliphatic rings. The summed E-state index contributed by atoms with van der Waals surface area (Å²) in [6.45, 7) is 14.3. The van der Waals surface area contributed by atoms with Gasteiger partial charge in [-0.25, -0.2) is 0 Å². The lowest BCUT2D eigenvalue weighted by Crippen LogP contribution is -2.32. The van der Waals surface area contributed by atoms with E-state index in [0.29, 0.717) is 0 Å². The molecule has 1 saturated heterocycles. The van der Waals surface area contributed by atoms with Crippen molar-refractivity contribution in [1.82, 2.24) is 10.2 Å². The van der Waals surface area contributed by atoms with Crippen LogP contribution in [0.4, 0.5) is 0 Å². The van der Waals surface area contributed by atoms with Crippen molar-refractivity contribution in [3.05, 3.63) is 70.8 Å². The van der Waals surface area contributed by atoms with Crippen molar-refractivity contribution < 1.29 is 4.79 Å². The molecule has 1 atom stereocenters. The van der Waals surface area contributed by atoms with Gasteiger partial charge in [0.1, 0.15) is 0 Å². The second-order valence-corrected chi connectivity index (χ2v) is 9.72. The molecular formula is C26H36N2O. The number of benzene rings is 2. The fraction of sp³-hybridized carbons (Fsp3) is 0.500. The molecule has 1 aliphatic heterocycles. The smallest absolute Gasteiger partial charge is 0.251 e. The summed E-state index contributed by atoms with van der Waals surface area (Å²) < 4.78 is 0. The highest BCUT2D eigenvalue weighted by Gasteiger charge is 2.17. The van der Waals surface area contributed by atoms with E-state index in [2.05, 4.69) is 74.3 Å². The van der Waals surface area contributed by atoms with Gasteiger partial charge >= 0.3 is 0 Å². The average molecular weight is 393 g/mol. The zero-order valence-electron chi connectivity index (χ0n) is 18.7. The van der Waals surface area contributed by atoms with Crippen LogP contribution in [0, 0.1) is 5.92 Å². The summed E-state index contributed by atoms with van der Waals surface area (Å²) in [5.74, 6) is 0.833. The number of hydrogen-bond donors (Lipinski definition) is 1. The average Bonchev–Trinajstić information content (AvgIpc) is 2.69. The van der Waals surface area contributed by atoms with Crippen LogP contribution in [-0.4, -0.2) is 23.9 Å². The van der Waals surface area contributed by atoms with Crippen LogP contribution in [0.25, 0.3) is 0 Å². The van der Waals surface area contributed by atoms with Gasteiger partial charge in [0.05, 0.1) is 6.04 Å². The Hall–Kier alpha value is -2.13. The molecule has 29 heavy (non-hydrogen) atoms. The maximum absolute atomic E-state index is 12.7. The highest BCUT2D eigenvalue weighted by Crippen LogP contribution is 2.24. The van der Waals surface area contributed by atoms with E-state index in [1.807, 2.05) is 19.1 Å². The van der Waals surface area contributed by atoms with Crippen LogP contribution in [0.15, 0.2) is 48.5 Å². The Morgan fingerprint density at radius 2 is 1.62 bits per heavy atom. The lowest BCUT2D eigenvalue weighted by molar-refractivity contribution is 0.0940. The third-order valence-electron chi connectivity index (χ3n) is 6.12. The first-order chi connectivity index (χ1) is 13.7. The maximum atomic E-state index is 12.7. The molecule has 2 aromatic carbocycles. The van der Waals surface area contributed by atoms with Crippen LogP contribution in [0.2, 0.25) is 0 Å². The Kier molecular flexibility index (Phi) is 6.79. The molecule has 0 saturated carbocycles. The van der Waals surface area contributed by atoms with Crippen LogP contribution >= 0.6 is 0 Å². The number of amides is 1. The van der Waals surface area contributed by atoms with Gasteiger partial charge in [0.15, 0.2) is 0 Å². The zero-order chi connectivity index (χ0) is 21.0. The van der Waals surface area contributed by atoms with E-state index in [0.717, 1.165) is 23.6 Å². The number of carbonyl (C=O) groups excluding carboxylic acids is 1. The number of carbonyl (C=O) groups is 1. The van der Waals surface area contributed by atoms with Crippen molar-refractivity contribution in [2.75, 3.05) is 13.1 Å². The van der Waals surface area contributed by atoms with Gasteiger partial charge in [0.25, 0.3) is 5.91 Å². The number of rotatable bonds is 5. The summed E-state index contributed by atoms with van der Waals surface area (Å²) >= 11 is 0. The lowest BCUT2D eigenvalue weighted by atomic mass is 9.86. The molecule has 1 amide bonds. The first kappa shape index (κ1) is 21.6. The van der Waals surface area contributed by atoms with Crippen molar-refractivity contribution in [1.29, 1.82) is 0 Å². The summed E-state index contributed by atoms with van der Waals surface area (Å²) in [6.07, 6.45) is 2.57. The van der Waals surface area contributed by atoms with Gasteiger partial charge in [0.2, 0.25) is 0 Å². The largest absolute Gasteiger partial charge is 0.346 e.